The maximum Gasteiger partial charge on any atom is 0.322 e. The van der Waals surface area contributed by atoms with Crippen LogP contribution in [0.15, 0.2) is 12.2 Å². The molecule has 3 heteroatoms. The number of hydrogen-bond donors (Lipinski definition) is 1. The summed E-state index contributed by atoms with van der Waals surface area (Å²) in [6.45, 7) is 2.21. The normalized spacial score (nSPS) is 12.9. The van der Waals surface area contributed by atoms with Crippen molar-refractivity contribution in [2.24, 2.45) is 5.73 Å². The molecule has 0 rings (SSSR count). The van der Waals surface area contributed by atoms with Crippen molar-refractivity contribution < 1.29 is 9.53 Å². The molecule has 0 bridgehead atoms. The number of carbonyl (C=O) groups excluding carboxylic acids is 1. The number of carbonyl (C=O) groups is 1. The summed E-state index contributed by atoms with van der Waals surface area (Å²) in [7, 11) is 1.37. The van der Waals surface area contributed by atoms with E-state index in [1.807, 2.05) is 0 Å². The van der Waals surface area contributed by atoms with Crippen LogP contribution in [0.3, 0.4) is 0 Å². The maximum atomic E-state index is 11.0. The number of methoxy groups -OCH3 is 1. The largest absolute Gasteiger partial charge is 0.468 e. The second-order valence-corrected chi connectivity index (χ2v) is 4.03. The van der Waals surface area contributed by atoms with Crippen molar-refractivity contribution in [1.82, 2.24) is 0 Å². The van der Waals surface area contributed by atoms with Crippen LogP contribution in [-0.2, 0) is 9.53 Å². The highest BCUT2D eigenvalue weighted by Gasteiger charge is 2.11. The smallest absolute Gasteiger partial charge is 0.322 e. The van der Waals surface area contributed by atoms with Crippen LogP contribution >= 0.6 is 0 Å². The van der Waals surface area contributed by atoms with Gasteiger partial charge in [-0.2, -0.15) is 0 Å². The molecule has 0 radical (unpaired) electrons. The third-order valence-electron chi connectivity index (χ3n) is 2.53. The molecule has 0 aliphatic carbocycles. The van der Waals surface area contributed by atoms with Crippen LogP contribution in [0, 0.1) is 0 Å². The van der Waals surface area contributed by atoms with E-state index in [2.05, 4.69) is 23.8 Å². The predicted octanol–water partition coefficient (Wildman–Crippen LogP) is 2.79. The molecule has 0 amide bonds. The van der Waals surface area contributed by atoms with Crippen molar-refractivity contribution >= 4 is 5.97 Å². The topological polar surface area (TPSA) is 52.3 Å². The molecule has 1 atom stereocenters. The summed E-state index contributed by atoms with van der Waals surface area (Å²) in [6, 6.07) is -0.460. The van der Waals surface area contributed by atoms with Gasteiger partial charge in [-0.25, -0.2) is 0 Å². The molecule has 2 N–H and O–H groups in total. The van der Waals surface area contributed by atoms with Gasteiger partial charge in [-0.3, -0.25) is 4.79 Å². The minimum atomic E-state index is -0.460. The minimum absolute atomic E-state index is 0.313. The predicted molar refractivity (Wildman–Crippen MR) is 67.1 cm³/mol. The summed E-state index contributed by atoms with van der Waals surface area (Å²) in [5.74, 6) is -0.313. The fourth-order valence-electron chi connectivity index (χ4n) is 1.47. The molecule has 0 fully saturated rings. The Balaban J connectivity index is 3.35. The highest BCUT2D eigenvalue weighted by Crippen LogP contribution is 2.04. The fraction of sp³-hybridized carbons (Fsp3) is 0.769. The van der Waals surface area contributed by atoms with Crippen molar-refractivity contribution in [2.45, 2.75) is 57.9 Å². The first-order valence-electron chi connectivity index (χ1n) is 6.20. The van der Waals surface area contributed by atoms with Gasteiger partial charge in [0.1, 0.15) is 6.04 Å². The lowest BCUT2D eigenvalue weighted by atomic mass is 10.1. The number of esters is 1. The molecule has 0 saturated heterocycles. The highest BCUT2D eigenvalue weighted by atomic mass is 16.5. The van der Waals surface area contributed by atoms with Crippen LogP contribution in [0.25, 0.3) is 0 Å². The van der Waals surface area contributed by atoms with Crippen LogP contribution < -0.4 is 5.73 Å². The van der Waals surface area contributed by atoms with Crippen molar-refractivity contribution in [3.8, 4) is 0 Å². The quantitative estimate of drug-likeness (QED) is 0.374. The lowest BCUT2D eigenvalue weighted by Gasteiger charge is -2.07. The monoisotopic (exact) mass is 227 g/mol. The fourth-order valence-corrected chi connectivity index (χ4v) is 1.47. The number of hydrogen-bond acceptors (Lipinski definition) is 3. The second-order valence-electron chi connectivity index (χ2n) is 4.03. The molecule has 94 valence electrons. The Morgan fingerprint density at radius 3 is 2.44 bits per heavy atom. The van der Waals surface area contributed by atoms with E-state index >= 15 is 0 Å². The van der Waals surface area contributed by atoms with Gasteiger partial charge in [-0.05, 0) is 32.1 Å². The molecule has 0 saturated carbocycles. The number of ether oxygens (including phenoxy) is 1. The zero-order chi connectivity index (χ0) is 12.2. The molecule has 0 heterocycles. The van der Waals surface area contributed by atoms with E-state index in [9.17, 15) is 4.79 Å². The van der Waals surface area contributed by atoms with Crippen LogP contribution in [0.1, 0.15) is 51.9 Å². The summed E-state index contributed by atoms with van der Waals surface area (Å²) in [5.41, 5.74) is 5.61. The molecular weight excluding hydrogens is 202 g/mol. The van der Waals surface area contributed by atoms with Gasteiger partial charge in [0, 0.05) is 0 Å². The molecule has 0 unspecified atom stereocenters. The van der Waals surface area contributed by atoms with Crippen LogP contribution in [0.2, 0.25) is 0 Å². The maximum absolute atomic E-state index is 11.0. The highest BCUT2D eigenvalue weighted by molar-refractivity contribution is 5.75. The van der Waals surface area contributed by atoms with Crippen molar-refractivity contribution in [3.63, 3.8) is 0 Å². The first-order valence-corrected chi connectivity index (χ1v) is 6.20. The zero-order valence-corrected chi connectivity index (χ0v) is 10.6. The molecule has 0 aliphatic heterocycles. The van der Waals surface area contributed by atoms with E-state index < -0.39 is 6.04 Å². The van der Waals surface area contributed by atoms with Crippen molar-refractivity contribution in [1.29, 1.82) is 0 Å². The van der Waals surface area contributed by atoms with Crippen LogP contribution in [0.5, 0.6) is 0 Å². The Labute approximate surface area is 99.0 Å². The SMILES string of the molecule is CCCCC/C=C/CCC[C@@H](N)C(=O)OC. The number of unbranched alkanes of at least 4 members (excludes halogenated alkanes) is 4. The molecule has 0 aromatic carbocycles. The van der Waals surface area contributed by atoms with Crippen molar-refractivity contribution in [3.05, 3.63) is 12.2 Å². The van der Waals surface area contributed by atoms with Gasteiger partial charge in [-0.1, -0.05) is 31.9 Å². The summed E-state index contributed by atoms with van der Waals surface area (Å²) in [6.07, 6.45) is 12.0. The van der Waals surface area contributed by atoms with Gasteiger partial charge in [0.05, 0.1) is 7.11 Å². The number of allylic oxidation sites excluding steroid dienone is 2. The number of nitrogens with two attached hydrogens (primary N) is 1. The van der Waals surface area contributed by atoms with Crippen molar-refractivity contribution in [2.75, 3.05) is 7.11 Å². The summed E-state index contributed by atoms with van der Waals surface area (Å²) >= 11 is 0. The van der Waals surface area contributed by atoms with Gasteiger partial charge in [0.15, 0.2) is 0 Å². The minimum Gasteiger partial charge on any atom is -0.468 e. The van der Waals surface area contributed by atoms with Crippen LogP contribution in [0.4, 0.5) is 0 Å². The molecular formula is C13H25NO2. The van der Waals surface area contributed by atoms with Gasteiger partial charge < -0.3 is 10.5 Å². The molecule has 0 aromatic rings. The van der Waals surface area contributed by atoms with E-state index in [1.165, 1.54) is 26.4 Å². The van der Waals surface area contributed by atoms with E-state index in [1.54, 1.807) is 0 Å². The Morgan fingerprint density at radius 2 is 1.88 bits per heavy atom. The van der Waals surface area contributed by atoms with E-state index in [0.717, 1.165) is 19.3 Å². The number of rotatable bonds is 9. The third-order valence-corrected chi connectivity index (χ3v) is 2.53. The van der Waals surface area contributed by atoms with E-state index in [-0.39, 0.29) is 5.97 Å². The first kappa shape index (κ1) is 15.2. The van der Waals surface area contributed by atoms with Gasteiger partial charge >= 0.3 is 5.97 Å². The van der Waals surface area contributed by atoms with E-state index in [0.29, 0.717) is 6.42 Å². The first-order chi connectivity index (χ1) is 7.72. The summed E-state index contributed by atoms with van der Waals surface area (Å²) in [5, 5.41) is 0. The van der Waals surface area contributed by atoms with E-state index in [4.69, 9.17) is 5.73 Å². The second kappa shape index (κ2) is 10.7. The standard InChI is InChI=1S/C13H25NO2/c1-3-4-5-6-7-8-9-10-11-12(14)13(15)16-2/h7-8,12H,3-6,9-11,14H2,1-2H3/b8-7+/t12-/m1/s1. The molecule has 0 aliphatic rings. The third kappa shape index (κ3) is 8.48. The van der Waals surface area contributed by atoms with Gasteiger partial charge in [0.25, 0.3) is 0 Å². The Kier molecular flexibility index (Phi) is 10.1. The Hall–Kier alpha value is -0.830. The Bertz CT molecular complexity index is 202. The summed E-state index contributed by atoms with van der Waals surface area (Å²) in [4.78, 5) is 11.0. The molecule has 0 aromatic heterocycles. The Morgan fingerprint density at radius 1 is 1.25 bits per heavy atom. The molecule has 3 nitrogen and oxygen atoms in total. The summed E-state index contributed by atoms with van der Waals surface area (Å²) < 4.78 is 4.55. The van der Waals surface area contributed by atoms with Crippen LogP contribution in [-0.4, -0.2) is 19.1 Å². The average molecular weight is 227 g/mol. The lowest BCUT2D eigenvalue weighted by molar-refractivity contribution is -0.142. The molecule has 0 spiro atoms. The lowest BCUT2D eigenvalue weighted by Crippen LogP contribution is -2.31. The zero-order valence-electron chi connectivity index (χ0n) is 10.6. The average Bonchev–Trinajstić information content (AvgIpc) is 2.31. The molecule has 16 heavy (non-hydrogen) atoms. The van der Waals surface area contributed by atoms with Gasteiger partial charge in [0.2, 0.25) is 0 Å². The van der Waals surface area contributed by atoms with Gasteiger partial charge in [-0.15, -0.1) is 0 Å².